The molecule has 0 amide bonds. The van der Waals surface area contributed by atoms with Crippen LogP contribution in [0.3, 0.4) is 0 Å². The molecule has 0 radical (unpaired) electrons. The van der Waals surface area contributed by atoms with Gasteiger partial charge in [-0.2, -0.15) is 0 Å². The zero-order valence-corrected chi connectivity index (χ0v) is 10.0. The molecule has 15 heavy (non-hydrogen) atoms. The summed E-state index contributed by atoms with van der Waals surface area (Å²) in [5, 5.41) is 19.6. The normalized spacial score (nSPS) is 17.4. The van der Waals surface area contributed by atoms with E-state index in [0.717, 1.165) is 6.42 Å². The highest BCUT2D eigenvalue weighted by molar-refractivity contribution is 4.70. The minimum Gasteiger partial charge on any atom is -0.391 e. The van der Waals surface area contributed by atoms with Crippen molar-refractivity contribution >= 4 is 0 Å². The molecule has 0 saturated heterocycles. The minimum absolute atomic E-state index is 0.198. The highest BCUT2D eigenvalue weighted by Crippen LogP contribution is 2.19. The van der Waals surface area contributed by atoms with E-state index in [0.29, 0.717) is 19.6 Å². The van der Waals surface area contributed by atoms with E-state index in [1.807, 2.05) is 20.8 Å². The van der Waals surface area contributed by atoms with Gasteiger partial charge in [0.15, 0.2) is 5.79 Å². The van der Waals surface area contributed by atoms with Gasteiger partial charge in [-0.25, -0.2) is 0 Å². The third kappa shape index (κ3) is 6.84. The largest absolute Gasteiger partial charge is 0.391 e. The number of hydrogen-bond acceptors (Lipinski definition) is 4. The first-order chi connectivity index (χ1) is 7.08. The van der Waals surface area contributed by atoms with E-state index in [1.165, 1.54) is 0 Å². The first-order valence-electron chi connectivity index (χ1n) is 5.70. The standard InChI is InChI=1S/C11H24O4/c1-4-7-15-11(13,5-2)8-10(12)9-14-6-3/h10,12-13H,4-9H2,1-3H3. The highest BCUT2D eigenvalue weighted by Gasteiger charge is 2.28. The van der Waals surface area contributed by atoms with E-state index in [2.05, 4.69) is 0 Å². The zero-order valence-electron chi connectivity index (χ0n) is 10.0. The van der Waals surface area contributed by atoms with Gasteiger partial charge < -0.3 is 19.7 Å². The van der Waals surface area contributed by atoms with Gasteiger partial charge >= 0.3 is 0 Å². The van der Waals surface area contributed by atoms with E-state index in [-0.39, 0.29) is 13.0 Å². The van der Waals surface area contributed by atoms with Gasteiger partial charge in [0.05, 0.1) is 12.7 Å². The molecule has 2 unspecified atom stereocenters. The van der Waals surface area contributed by atoms with E-state index < -0.39 is 11.9 Å². The zero-order chi connectivity index (χ0) is 11.7. The van der Waals surface area contributed by atoms with Crippen LogP contribution in [0.2, 0.25) is 0 Å². The van der Waals surface area contributed by atoms with Crippen LogP contribution in [0.15, 0.2) is 0 Å². The summed E-state index contributed by atoms with van der Waals surface area (Å²) in [6.45, 7) is 7.00. The molecule has 0 spiro atoms. The average Bonchev–Trinajstić information content (AvgIpc) is 2.23. The maximum absolute atomic E-state index is 9.98. The van der Waals surface area contributed by atoms with Crippen LogP contribution in [0, 0.1) is 0 Å². The third-order valence-electron chi connectivity index (χ3n) is 2.20. The maximum atomic E-state index is 9.98. The molecule has 0 aromatic rings. The number of aliphatic hydroxyl groups is 2. The summed E-state index contributed by atoms with van der Waals surface area (Å²) >= 11 is 0. The predicted molar refractivity (Wildman–Crippen MR) is 58.6 cm³/mol. The highest BCUT2D eigenvalue weighted by atomic mass is 16.6. The molecule has 92 valence electrons. The van der Waals surface area contributed by atoms with Gasteiger partial charge in [0, 0.05) is 19.6 Å². The molecular formula is C11H24O4. The second-order valence-corrected chi connectivity index (χ2v) is 3.67. The Balaban J connectivity index is 3.93. The van der Waals surface area contributed by atoms with Crippen molar-refractivity contribution in [2.45, 2.75) is 51.9 Å². The van der Waals surface area contributed by atoms with Gasteiger partial charge in [0.2, 0.25) is 0 Å². The molecule has 0 fully saturated rings. The molecule has 0 aliphatic rings. The van der Waals surface area contributed by atoms with Crippen LogP contribution < -0.4 is 0 Å². The fraction of sp³-hybridized carbons (Fsp3) is 1.00. The van der Waals surface area contributed by atoms with Crippen molar-refractivity contribution in [2.24, 2.45) is 0 Å². The van der Waals surface area contributed by atoms with E-state index >= 15 is 0 Å². The number of hydrogen-bond donors (Lipinski definition) is 2. The molecule has 0 aliphatic heterocycles. The summed E-state index contributed by atoms with van der Waals surface area (Å²) in [4.78, 5) is 0. The Hall–Kier alpha value is -0.160. The number of rotatable bonds is 9. The molecule has 0 heterocycles. The lowest BCUT2D eigenvalue weighted by atomic mass is 10.1. The minimum atomic E-state index is -1.22. The van der Waals surface area contributed by atoms with Crippen LogP contribution in [-0.4, -0.2) is 41.9 Å². The SMILES string of the molecule is CCCOC(O)(CC)CC(O)COCC. The van der Waals surface area contributed by atoms with Crippen molar-refractivity contribution in [3.8, 4) is 0 Å². The number of ether oxygens (including phenoxy) is 2. The summed E-state index contributed by atoms with van der Waals surface area (Å²) in [5.41, 5.74) is 0. The Bertz CT molecular complexity index is 152. The van der Waals surface area contributed by atoms with Crippen molar-refractivity contribution in [2.75, 3.05) is 19.8 Å². The molecule has 0 aromatic heterocycles. The molecule has 2 atom stereocenters. The lowest BCUT2D eigenvalue weighted by Crippen LogP contribution is -2.37. The quantitative estimate of drug-likeness (QED) is 0.575. The van der Waals surface area contributed by atoms with Crippen molar-refractivity contribution in [3.05, 3.63) is 0 Å². The lowest BCUT2D eigenvalue weighted by Gasteiger charge is -2.29. The molecule has 0 bridgehead atoms. The third-order valence-corrected chi connectivity index (χ3v) is 2.20. The Morgan fingerprint density at radius 2 is 1.93 bits per heavy atom. The summed E-state index contributed by atoms with van der Waals surface area (Å²) < 4.78 is 10.4. The first kappa shape index (κ1) is 14.8. The van der Waals surface area contributed by atoms with E-state index in [9.17, 15) is 10.2 Å². The fourth-order valence-electron chi connectivity index (χ4n) is 1.28. The second-order valence-electron chi connectivity index (χ2n) is 3.67. The van der Waals surface area contributed by atoms with Gasteiger partial charge in [0.1, 0.15) is 0 Å². The molecule has 4 nitrogen and oxygen atoms in total. The van der Waals surface area contributed by atoms with Crippen molar-refractivity contribution in [3.63, 3.8) is 0 Å². The van der Waals surface area contributed by atoms with Crippen LogP contribution in [0.5, 0.6) is 0 Å². The summed E-state index contributed by atoms with van der Waals surface area (Å²) in [6, 6.07) is 0. The van der Waals surface area contributed by atoms with Crippen LogP contribution in [0.1, 0.15) is 40.0 Å². The van der Waals surface area contributed by atoms with Crippen LogP contribution in [0.4, 0.5) is 0 Å². The summed E-state index contributed by atoms with van der Waals surface area (Å²) in [7, 11) is 0. The van der Waals surface area contributed by atoms with Crippen LogP contribution in [0.25, 0.3) is 0 Å². The van der Waals surface area contributed by atoms with Gasteiger partial charge in [-0.05, 0) is 19.8 Å². The molecule has 0 saturated carbocycles. The molecule has 0 aliphatic carbocycles. The maximum Gasteiger partial charge on any atom is 0.167 e. The van der Waals surface area contributed by atoms with Gasteiger partial charge in [-0.15, -0.1) is 0 Å². The predicted octanol–water partition coefficient (Wildman–Crippen LogP) is 1.30. The molecule has 0 aromatic carbocycles. The number of aliphatic hydroxyl groups excluding tert-OH is 1. The van der Waals surface area contributed by atoms with Crippen LogP contribution in [-0.2, 0) is 9.47 Å². The lowest BCUT2D eigenvalue weighted by molar-refractivity contribution is -0.223. The molecular weight excluding hydrogens is 196 g/mol. The average molecular weight is 220 g/mol. The Morgan fingerprint density at radius 1 is 1.27 bits per heavy atom. The summed E-state index contributed by atoms with van der Waals surface area (Å²) in [5.74, 6) is -1.22. The van der Waals surface area contributed by atoms with Crippen LogP contribution >= 0.6 is 0 Å². The Labute approximate surface area is 92.2 Å². The monoisotopic (exact) mass is 220 g/mol. The Kier molecular flexibility index (Phi) is 7.96. The van der Waals surface area contributed by atoms with Gasteiger partial charge in [0.25, 0.3) is 0 Å². The van der Waals surface area contributed by atoms with Gasteiger partial charge in [-0.3, -0.25) is 0 Å². The smallest absolute Gasteiger partial charge is 0.167 e. The second kappa shape index (κ2) is 8.05. The molecule has 0 rings (SSSR count). The summed E-state index contributed by atoms with van der Waals surface area (Å²) in [6.07, 6.45) is 0.843. The van der Waals surface area contributed by atoms with Crippen molar-refractivity contribution < 1.29 is 19.7 Å². The van der Waals surface area contributed by atoms with E-state index in [4.69, 9.17) is 9.47 Å². The molecule has 4 heteroatoms. The van der Waals surface area contributed by atoms with Crippen molar-refractivity contribution in [1.29, 1.82) is 0 Å². The Morgan fingerprint density at radius 3 is 2.40 bits per heavy atom. The molecule has 2 N–H and O–H groups in total. The van der Waals surface area contributed by atoms with Crippen molar-refractivity contribution in [1.82, 2.24) is 0 Å². The first-order valence-corrected chi connectivity index (χ1v) is 5.70. The van der Waals surface area contributed by atoms with E-state index in [1.54, 1.807) is 0 Å². The topological polar surface area (TPSA) is 58.9 Å². The van der Waals surface area contributed by atoms with Gasteiger partial charge in [-0.1, -0.05) is 13.8 Å². The fourth-order valence-corrected chi connectivity index (χ4v) is 1.28.